The zero-order chi connectivity index (χ0) is 23.6. The van der Waals surface area contributed by atoms with Crippen molar-refractivity contribution in [3.8, 4) is 0 Å². The van der Waals surface area contributed by atoms with E-state index in [2.05, 4.69) is 15.4 Å². The predicted molar refractivity (Wildman–Crippen MR) is 104 cm³/mol. The Morgan fingerprint density at radius 2 is 1.56 bits per heavy atom. The van der Waals surface area contributed by atoms with Crippen LogP contribution in [-0.2, 0) is 10.0 Å². The van der Waals surface area contributed by atoms with Gasteiger partial charge in [0.2, 0.25) is 10.0 Å². The number of carboxylic acid groups (broad SMARTS) is 1. The topological polar surface area (TPSA) is 125 Å². The number of hydrogen-bond donors (Lipinski definition) is 4. The second-order valence-corrected chi connectivity index (χ2v) is 8.75. The van der Waals surface area contributed by atoms with E-state index in [1.54, 1.807) is 0 Å². The zero-order valence-electron chi connectivity index (χ0n) is 16.2. The molecular formula is C19H17F4N3O5S. The van der Waals surface area contributed by atoms with Crippen molar-refractivity contribution in [3.63, 3.8) is 0 Å². The number of amides is 2. The van der Waals surface area contributed by atoms with Crippen molar-refractivity contribution in [1.29, 1.82) is 0 Å². The Morgan fingerprint density at radius 1 is 0.938 bits per heavy atom. The Balaban J connectivity index is 1.83. The molecule has 0 heterocycles. The molecule has 0 spiro atoms. The van der Waals surface area contributed by atoms with Crippen LogP contribution in [0.4, 0.5) is 28.0 Å². The van der Waals surface area contributed by atoms with Gasteiger partial charge >= 0.3 is 6.09 Å². The van der Waals surface area contributed by atoms with E-state index in [4.69, 9.17) is 5.11 Å². The first-order valence-corrected chi connectivity index (χ1v) is 10.7. The SMILES string of the molecule is O=C(O)N[C@H]1CCC[C@@H]1NS(=O)(=O)c1cc(C(=O)Nc2cc(F)c(F)c(F)c2)ccc1F. The van der Waals surface area contributed by atoms with Crippen molar-refractivity contribution in [1.82, 2.24) is 10.0 Å². The molecule has 4 N–H and O–H groups in total. The van der Waals surface area contributed by atoms with Crippen LogP contribution in [0.5, 0.6) is 0 Å². The highest BCUT2D eigenvalue weighted by atomic mass is 32.2. The fourth-order valence-electron chi connectivity index (χ4n) is 3.38. The third-order valence-electron chi connectivity index (χ3n) is 4.86. The summed E-state index contributed by atoms with van der Waals surface area (Å²) < 4.78 is 81.6. The number of sulfonamides is 1. The van der Waals surface area contributed by atoms with Gasteiger partial charge < -0.3 is 15.7 Å². The summed E-state index contributed by atoms with van der Waals surface area (Å²) in [6.07, 6.45) is -0.101. The summed E-state index contributed by atoms with van der Waals surface area (Å²) >= 11 is 0. The molecule has 13 heteroatoms. The third-order valence-corrected chi connectivity index (χ3v) is 6.36. The van der Waals surface area contributed by atoms with Gasteiger partial charge in [-0.2, -0.15) is 0 Å². The summed E-state index contributed by atoms with van der Waals surface area (Å²) in [5.74, 6) is -7.03. The van der Waals surface area contributed by atoms with Crippen molar-refractivity contribution in [3.05, 3.63) is 59.2 Å². The fourth-order valence-corrected chi connectivity index (χ4v) is 4.79. The number of anilines is 1. The molecule has 1 aliphatic carbocycles. The van der Waals surface area contributed by atoms with Crippen LogP contribution < -0.4 is 15.4 Å². The van der Waals surface area contributed by atoms with Gasteiger partial charge in [-0.1, -0.05) is 0 Å². The number of rotatable bonds is 6. The van der Waals surface area contributed by atoms with Crippen LogP contribution in [0.3, 0.4) is 0 Å². The van der Waals surface area contributed by atoms with E-state index in [0.29, 0.717) is 31.4 Å². The molecule has 172 valence electrons. The van der Waals surface area contributed by atoms with Crippen LogP contribution in [0.15, 0.2) is 35.2 Å². The van der Waals surface area contributed by atoms with Crippen molar-refractivity contribution in [2.75, 3.05) is 5.32 Å². The highest BCUT2D eigenvalue weighted by molar-refractivity contribution is 7.89. The monoisotopic (exact) mass is 475 g/mol. The average molecular weight is 475 g/mol. The van der Waals surface area contributed by atoms with Crippen LogP contribution in [0.2, 0.25) is 0 Å². The molecule has 2 aromatic carbocycles. The first-order valence-electron chi connectivity index (χ1n) is 9.25. The Kier molecular flexibility index (Phi) is 6.69. The third kappa shape index (κ3) is 5.16. The van der Waals surface area contributed by atoms with Gasteiger partial charge in [0.1, 0.15) is 10.7 Å². The Hall–Kier alpha value is -3.19. The summed E-state index contributed by atoms with van der Waals surface area (Å²) in [6, 6.07) is 1.90. The summed E-state index contributed by atoms with van der Waals surface area (Å²) in [5, 5.41) is 13.1. The molecule has 32 heavy (non-hydrogen) atoms. The molecule has 0 aromatic heterocycles. The maximum absolute atomic E-state index is 14.3. The number of carbonyl (C=O) groups is 2. The van der Waals surface area contributed by atoms with Gasteiger partial charge in [0.15, 0.2) is 17.5 Å². The minimum Gasteiger partial charge on any atom is -0.465 e. The summed E-state index contributed by atoms with van der Waals surface area (Å²) in [6.45, 7) is 0. The maximum Gasteiger partial charge on any atom is 0.404 e. The van der Waals surface area contributed by atoms with Crippen LogP contribution in [0.25, 0.3) is 0 Å². The largest absolute Gasteiger partial charge is 0.465 e. The molecule has 0 saturated heterocycles. The average Bonchev–Trinajstić information content (AvgIpc) is 3.11. The smallest absolute Gasteiger partial charge is 0.404 e. The maximum atomic E-state index is 14.3. The van der Waals surface area contributed by atoms with E-state index < -0.39 is 68.0 Å². The number of benzene rings is 2. The number of carbonyl (C=O) groups excluding carboxylic acids is 1. The lowest BCUT2D eigenvalue weighted by atomic mass is 10.2. The Morgan fingerprint density at radius 3 is 2.19 bits per heavy atom. The lowest BCUT2D eigenvalue weighted by Gasteiger charge is -2.21. The Labute approximate surface area is 179 Å². The van der Waals surface area contributed by atoms with E-state index >= 15 is 0 Å². The Bertz CT molecular complexity index is 1150. The first-order chi connectivity index (χ1) is 15.0. The molecule has 1 fully saturated rings. The van der Waals surface area contributed by atoms with Gasteiger partial charge in [-0.3, -0.25) is 4.79 Å². The lowest BCUT2D eigenvalue weighted by Crippen LogP contribution is -2.48. The molecule has 0 aliphatic heterocycles. The zero-order valence-corrected chi connectivity index (χ0v) is 17.0. The van der Waals surface area contributed by atoms with Gasteiger partial charge in [-0.05, 0) is 37.5 Å². The number of nitrogens with one attached hydrogen (secondary N) is 3. The van der Waals surface area contributed by atoms with Crippen molar-refractivity contribution in [2.24, 2.45) is 0 Å². The summed E-state index contributed by atoms with van der Waals surface area (Å²) in [5.41, 5.74) is -0.796. The second-order valence-electron chi connectivity index (χ2n) is 7.07. The minimum absolute atomic E-state index is 0.313. The van der Waals surface area contributed by atoms with Crippen molar-refractivity contribution < 1.29 is 40.7 Å². The molecule has 8 nitrogen and oxygen atoms in total. The highest BCUT2D eigenvalue weighted by Crippen LogP contribution is 2.24. The van der Waals surface area contributed by atoms with Crippen molar-refractivity contribution >= 4 is 27.7 Å². The van der Waals surface area contributed by atoms with Gasteiger partial charge in [-0.15, -0.1) is 0 Å². The lowest BCUT2D eigenvalue weighted by molar-refractivity contribution is 0.102. The molecule has 2 atom stereocenters. The predicted octanol–water partition coefficient (Wildman–Crippen LogP) is 2.96. The van der Waals surface area contributed by atoms with Gasteiger partial charge in [0, 0.05) is 35.5 Å². The van der Waals surface area contributed by atoms with Crippen LogP contribution in [0.1, 0.15) is 29.6 Å². The van der Waals surface area contributed by atoms with Crippen molar-refractivity contribution in [2.45, 2.75) is 36.2 Å². The molecule has 3 rings (SSSR count). The van der Waals surface area contributed by atoms with E-state index in [1.807, 2.05) is 0 Å². The molecule has 0 unspecified atom stereocenters. The molecular weight excluding hydrogens is 458 g/mol. The molecule has 1 aliphatic rings. The van der Waals surface area contributed by atoms with Crippen LogP contribution >= 0.6 is 0 Å². The first kappa shape index (κ1) is 23.5. The quantitative estimate of drug-likeness (QED) is 0.378. The summed E-state index contributed by atoms with van der Waals surface area (Å²) in [7, 11) is -4.50. The van der Waals surface area contributed by atoms with Crippen LogP contribution in [0, 0.1) is 23.3 Å². The van der Waals surface area contributed by atoms with E-state index in [0.717, 1.165) is 18.2 Å². The molecule has 2 amide bonds. The van der Waals surface area contributed by atoms with Crippen LogP contribution in [-0.4, -0.2) is 37.6 Å². The number of halogens is 4. The standard InChI is InChI=1S/C19H17F4N3O5S/c20-11-5-4-9(18(27)24-10-7-12(21)17(23)13(22)8-10)6-16(11)32(30,31)26-15-3-1-2-14(15)25-19(28)29/h4-8,14-15,25-26H,1-3H2,(H,24,27)(H,28,29)/t14-,15-/m0/s1. The van der Waals surface area contributed by atoms with Gasteiger partial charge in [-0.25, -0.2) is 35.5 Å². The molecule has 0 bridgehead atoms. The summed E-state index contributed by atoms with van der Waals surface area (Å²) in [4.78, 5) is 22.4. The van der Waals surface area contributed by atoms with E-state index in [1.165, 1.54) is 0 Å². The van der Waals surface area contributed by atoms with E-state index in [9.17, 15) is 35.6 Å². The molecule has 2 aromatic rings. The minimum atomic E-state index is -4.50. The molecule has 1 saturated carbocycles. The molecule has 0 radical (unpaired) electrons. The van der Waals surface area contributed by atoms with Gasteiger partial charge in [0.25, 0.3) is 5.91 Å². The fraction of sp³-hybridized carbons (Fsp3) is 0.263. The second kappa shape index (κ2) is 9.12. The normalized spacial score (nSPS) is 18.4. The van der Waals surface area contributed by atoms with E-state index in [-0.39, 0.29) is 5.56 Å². The van der Waals surface area contributed by atoms with Gasteiger partial charge in [0.05, 0.1) is 0 Å². The number of hydrogen-bond acceptors (Lipinski definition) is 4. The highest BCUT2D eigenvalue weighted by Gasteiger charge is 2.33.